The number of likely N-dealkylation sites (tertiary alicyclic amines) is 1. The molecular formula is C17H23N3O2S. The second-order valence-electron chi connectivity index (χ2n) is 7.13. The quantitative estimate of drug-likeness (QED) is 0.852. The van der Waals surface area contributed by atoms with Gasteiger partial charge in [0.2, 0.25) is 5.91 Å². The van der Waals surface area contributed by atoms with Gasteiger partial charge in [0.15, 0.2) is 11.7 Å². The predicted molar refractivity (Wildman–Crippen MR) is 89.0 cm³/mol. The smallest absolute Gasteiger partial charge is 0.227 e. The molecule has 0 aromatic carbocycles. The Morgan fingerprint density at radius 2 is 2.17 bits per heavy atom. The average molecular weight is 333 g/mol. The first kappa shape index (κ1) is 17.6. The van der Waals surface area contributed by atoms with Crippen LogP contribution in [0.15, 0.2) is 5.38 Å². The molecule has 1 aromatic rings. The molecular weight excluding hydrogens is 310 g/mol. The second-order valence-corrected chi connectivity index (χ2v) is 8.02. The summed E-state index contributed by atoms with van der Waals surface area (Å²) in [6.07, 6.45) is 1.53. The predicted octanol–water partition coefficient (Wildman–Crippen LogP) is 2.91. The Morgan fingerprint density at radius 3 is 2.70 bits per heavy atom. The third-order valence-corrected chi connectivity index (χ3v) is 5.08. The molecule has 1 amide bonds. The number of ketones is 1. The van der Waals surface area contributed by atoms with Gasteiger partial charge >= 0.3 is 0 Å². The van der Waals surface area contributed by atoms with Crippen LogP contribution >= 0.6 is 11.3 Å². The zero-order chi connectivity index (χ0) is 17.2. The molecule has 1 aliphatic heterocycles. The molecule has 2 atom stereocenters. The van der Waals surface area contributed by atoms with Gasteiger partial charge in [-0.3, -0.25) is 9.59 Å². The summed E-state index contributed by atoms with van der Waals surface area (Å²) >= 11 is 1.35. The Bertz CT molecular complexity index is 639. The molecule has 0 saturated carbocycles. The molecule has 2 rings (SSSR count). The number of thiazole rings is 1. The highest BCUT2D eigenvalue weighted by Crippen LogP contribution is 2.29. The number of nitrogens with zero attached hydrogens (tertiary/aromatic N) is 3. The van der Waals surface area contributed by atoms with E-state index in [0.29, 0.717) is 18.1 Å². The van der Waals surface area contributed by atoms with Crippen molar-refractivity contribution < 1.29 is 9.59 Å². The summed E-state index contributed by atoms with van der Waals surface area (Å²) in [5, 5.41) is 11.8. The van der Waals surface area contributed by atoms with E-state index in [1.807, 2.05) is 33.1 Å². The van der Waals surface area contributed by atoms with Crippen molar-refractivity contribution in [2.24, 2.45) is 11.3 Å². The first-order valence-corrected chi connectivity index (χ1v) is 8.76. The van der Waals surface area contributed by atoms with Crippen LogP contribution in [0.25, 0.3) is 0 Å². The van der Waals surface area contributed by atoms with E-state index < -0.39 is 11.3 Å². The summed E-state index contributed by atoms with van der Waals surface area (Å²) < 4.78 is 0. The van der Waals surface area contributed by atoms with Crippen molar-refractivity contribution in [3.8, 4) is 6.07 Å². The number of Topliss-reactive ketones (excluding diaryl/α,β-unsaturated/α-hetero) is 1. The molecule has 0 N–H and O–H groups in total. The molecule has 0 bridgehead atoms. The van der Waals surface area contributed by atoms with Crippen LogP contribution < -0.4 is 0 Å². The maximum atomic E-state index is 12.8. The molecule has 0 radical (unpaired) electrons. The SMILES string of the molecule is Cc1csc([C@H](C#N)C(=O)[C@H]2CCCN(C(=O)C(C)(C)C)C2)n1. The summed E-state index contributed by atoms with van der Waals surface area (Å²) in [7, 11) is 0. The van der Waals surface area contributed by atoms with E-state index in [1.165, 1.54) is 11.3 Å². The van der Waals surface area contributed by atoms with E-state index in [9.17, 15) is 14.9 Å². The van der Waals surface area contributed by atoms with Gasteiger partial charge in [-0.15, -0.1) is 11.3 Å². The summed E-state index contributed by atoms with van der Waals surface area (Å²) in [6, 6.07) is 2.10. The number of carbonyl (C=O) groups is 2. The van der Waals surface area contributed by atoms with Crippen molar-refractivity contribution in [2.45, 2.75) is 46.5 Å². The van der Waals surface area contributed by atoms with Gasteiger partial charge in [-0.05, 0) is 19.8 Å². The Hall–Kier alpha value is -1.74. The van der Waals surface area contributed by atoms with Crippen molar-refractivity contribution in [3.63, 3.8) is 0 Å². The van der Waals surface area contributed by atoms with Gasteiger partial charge in [0.05, 0.1) is 6.07 Å². The van der Waals surface area contributed by atoms with Crippen LogP contribution in [0.3, 0.4) is 0 Å². The Balaban J connectivity index is 2.13. The summed E-state index contributed by atoms with van der Waals surface area (Å²) in [5.74, 6) is -1.13. The standard InChI is InChI=1S/C17H23N3O2S/c1-11-10-23-15(19-11)13(8-18)14(21)12-6-5-7-20(9-12)16(22)17(2,3)4/h10,12-13H,5-7,9H2,1-4H3/t12-,13+/m0/s1. The number of hydrogen-bond donors (Lipinski definition) is 0. The Morgan fingerprint density at radius 1 is 1.48 bits per heavy atom. The summed E-state index contributed by atoms with van der Waals surface area (Å²) in [5.41, 5.74) is 0.373. The molecule has 5 nitrogen and oxygen atoms in total. The van der Waals surface area contributed by atoms with E-state index in [1.54, 1.807) is 4.90 Å². The lowest BCUT2D eigenvalue weighted by molar-refractivity contribution is -0.142. The van der Waals surface area contributed by atoms with E-state index >= 15 is 0 Å². The highest BCUT2D eigenvalue weighted by Gasteiger charge is 2.36. The highest BCUT2D eigenvalue weighted by atomic mass is 32.1. The fourth-order valence-electron chi connectivity index (χ4n) is 2.85. The van der Waals surface area contributed by atoms with E-state index in [-0.39, 0.29) is 17.6 Å². The molecule has 1 aromatic heterocycles. The van der Waals surface area contributed by atoms with Crippen LogP contribution in [0.4, 0.5) is 0 Å². The minimum Gasteiger partial charge on any atom is -0.342 e. The minimum absolute atomic E-state index is 0.0635. The van der Waals surface area contributed by atoms with Crippen molar-refractivity contribution in [1.82, 2.24) is 9.88 Å². The van der Waals surface area contributed by atoms with Gasteiger partial charge in [0.25, 0.3) is 0 Å². The van der Waals surface area contributed by atoms with Crippen LogP contribution in [0.5, 0.6) is 0 Å². The van der Waals surface area contributed by atoms with Crippen LogP contribution in [0.1, 0.15) is 50.2 Å². The molecule has 23 heavy (non-hydrogen) atoms. The molecule has 0 aliphatic carbocycles. The first-order valence-electron chi connectivity index (χ1n) is 7.88. The van der Waals surface area contributed by atoms with Crippen LogP contribution in [0, 0.1) is 29.6 Å². The number of carbonyl (C=O) groups excluding carboxylic acids is 2. The number of piperidine rings is 1. The number of rotatable bonds is 3. The number of nitriles is 1. The van der Waals surface area contributed by atoms with Gasteiger partial charge in [-0.25, -0.2) is 4.98 Å². The minimum atomic E-state index is -0.816. The average Bonchev–Trinajstić information content (AvgIpc) is 2.92. The normalized spacial score (nSPS) is 20.0. The zero-order valence-corrected chi connectivity index (χ0v) is 14.9. The van der Waals surface area contributed by atoms with Crippen LogP contribution in [0.2, 0.25) is 0 Å². The van der Waals surface area contributed by atoms with Crippen molar-refractivity contribution >= 4 is 23.0 Å². The van der Waals surface area contributed by atoms with Gasteiger partial charge in [-0.1, -0.05) is 20.8 Å². The molecule has 1 aliphatic rings. The first-order chi connectivity index (χ1) is 10.7. The molecule has 2 heterocycles. The third kappa shape index (κ3) is 3.97. The van der Waals surface area contributed by atoms with E-state index in [2.05, 4.69) is 11.1 Å². The number of aryl methyl sites for hydroxylation is 1. The number of hydrogen-bond acceptors (Lipinski definition) is 5. The van der Waals surface area contributed by atoms with Crippen molar-refractivity contribution in [1.29, 1.82) is 5.26 Å². The van der Waals surface area contributed by atoms with Crippen LogP contribution in [-0.4, -0.2) is 34.7 Å². The topological polar surface area (TPSA) is 74.1 Å². The fourth-order valence-corrected chi connectivity index (χ4v) is 3.69. The molecule has 0 spiro atoms. The molecule has 1 saturated heterocycles. The van der Waals surface area contributed by atoms with Gasteiger partial charge in [-0.2, -0.15) is 5.26 Å². The van der Waals surface area contributed by atoms with Crippen molar-refractivity contribution in [3.05, 3.63) is 16.1 Å². The lowest BCUT2D eigenvalue weighted by atomic mass is 9.86. The third-order valence-electron chi connectivity index (χ3n) is 4.05. The Kier molecular flexibility index (Phi) is 5.20. The maximum absolute atomic E-state index is 12.8. The van der Waals surface area contributed by atoms with E-state index in [4.69, 9.17) is 0 Å². The lowest BCUT2D eigenvalue weighted by Crippen LogP contribution is -2.47. The number of aromatic nitrogens is 1. The maximum Gasteiger partial charge on any atom is 0.227 e. The van der Waals surface area contributed by atoms with Crippen LogP contribution in [-0.2, 0) is 9.59 Å². The molecule has 0 unspecified atom stereocenters. The van der Waals surface area contributed by atoms with Crippen molar-refractivity contribution in [2.75, 3.05) is 13.1 Å². The zero-order valence-electron chi connectivity index (χ0n) is 14.1. The summed E-state index contributed by atoms with van der Waals surface area (Å²) in [4.78, 5) is 31.3. The Labute approximate surface area is 141 Å². The molecule has 124 valence electrons. The number of amides is 1. The summed E-state index contributed by atoms with van der Waals surface area (Å²) in [6.45, 7) is 8.61. The molecule has 6 heteroatoms. The fraction of sp³-hybridized carbons (Fsp3) is 0.647. The van der Waals surface area contributed by atoms with Gasteiger partial charge in [0, 0.05) is 35.5 Å². The highest BCUT2D eigenvalue weighted by molar-refractivity contribution is 7.09. The lowest BCUT2D eigenvalue weighted by Gasteiger charge is -2.36. The molecule has 1 fully saturated rings. The monoisotopic (exact) mass is 333 g/mol. The van der Waals surface area contributed by atoms with Gasteiger partial charge < -0.3 is 4.90 Å². The second kappa shape index (κ2) is 6.79. The largest absolute Gasteiger partial charge is 0.342 e. The van der Waals surface area contributed by atoms with Gasteiger partial charge in [0.1, 0.15) is 5.01 Å². The van der Waals surface area contributed by atoms with E-state index in [0.717, 1.165) is 18.5 Å².